The Morgan fingerprint density at radius 1 is 1.39 bits per heavy atom. The highest BCUT2D eigenvalue weighted by molar-refractivity contribution is 7.98. The van der Waals surface area contributed by atoms with E-state index in [0.717, 1.165) is 18.6 Å². The number of esters is 1. The van der Waals surface area contributed by atoms with Crippen molar-refractivity contribution in [3.05, 3.63) is 35.9 Å². The molecule has 100 valence electrons. The van der Waals surface area contributed by atoms with E-state index < -0.39 is 6.04 Å². The van der Waals surface area contributed by atoms with Crippen LogP contribution in [0.2, 0.25) is 0 Å². The van der Waals surface area contributed by atoms with Crippen LogP contribution in [0.15, 0.2) is 30.3 Å². The van der Waals surface area contributed by atoms with Gasteiger partial charge in [0.25, 0.3) is 0 Å². The molecule has 4 heteroatoms. The number of hydrogen-bond acceptors (Lipinski definition) is 4. The van der Waals surface area contributed by atoms with Gasteiger partial charge < -0.3 is 10.5 Å². The van der Waals surface area contributed by atoms with Crippen molar-refractivity contribution in [1.82, 2.24) is 0 Å². The predicted octanol–water partition coefficient (Wildman–Crippen LogP) is 2.24. The predicted molar refractivity (Wildman–Crippen MR) is 76.7 cm³/mol. The van der Waals surface area contributed by atoms with Crippen LogP contribution < -0.4 is 5.73 Å². The number of benzene rings is 1. The van der Waals surface area contributed by atoms with Crippen molar-refractivity contribution >= 4 is 17.7 Å². The first-order valence-corrected chi connectivity index (χ1v) is 7.58. The molecule has 2 N–H and O–H groups in total. The first-order valence-electron chi connectivity index (χ1n) is 6.19. The fourth-order valence-corrected chi connectivity index (χ4v) is 2.05. The molecule has 0 amide bonds. The monoisotopic (exact) mass is 267 g/mol. The molecule has 1 atom stereocenters. The summed E-state index contributed by atoms with van der Waals surface area (Å²) < 4.78 is 5.15. The quantitative estimate of drug-likeness (QED) is 0.580. The van der Waals surface area contributed by atoms with Crippen molar-refractivity contribution in [2.75, 3.05) is 18.6 Å². The zero-order valence-corrected chi connectivity index (χ0v) is 11.6. The van der Waals surface area contributed by atoms with E-state index in [1.54, 1.807) is 11.8 Å². The van der Waals surface area contributed by atoms with Gasteiger partial charge in [-0.1, -0.05) is 30.3 Å². The minimum absolute atomic E-state index is 0.280. The van der Waals surface area contributed by atoms with E-state index >= 15 is 0 Å². The van der Waals surface area contributed by atoms with Gasteiger partial charge in [-0.2, -0.15) is 11.8 Å². The van der Waals surface area contributed by atoms with Gasteiger partial charge >= 0.3 is 5.97 Å². The lowest BCUT2D eigenvalue weighted by molar-refractivity contribution is -0.145. The van der Waals surface area contributed by atoms with Crippen molar-refractivity contribution < 1.29 is 9.53 Å². The molecule has 1 rings (SSSR count). The van der Waals surface area contributed by atoms with E-state index in [2.05, 4.69) is 12.1 Å². The number of thioether (sulfide) groups is 1. The van der Waals surface area contributed by atoms with E-state index in [1.165, 1.54) is 5.56 Å². The zero-order valence-electron chi connectivity index (χ0n) is 10.8. The molecule has 1 unspecified atom stereocenters. The summed E-state index contributed by atoms with van der Waals surface area (Å²) in [5.41, 5.74) is 6.97. The normalized spacial score (nSPS) is 12.1. The molecule has 0 aliphatic carbocycles. The molecule has 0 saturated heterocycles. The second kappa shape index (κ2) is 9.00. The SMILES string of the molecule is CSCCC(N)C(=O)OCCCc1ccccc1. The summed E-state index contributed by atoms with van der Waals surface area (Å²) in [4.78, 5) is 11.5. The minimum atomic E-state index is -0.478. The van der Waals surface area contributed by atoms with Crippen LogP contribution in [0.5, 0.6) is 0 Å². The summed E-state index contributed by atoms with van der Waals surface area (Å²) >= 11 is 1.69. The Labute approximate surface area is 113 Å². The molecule has 1 aromatic rings. The van der Waals surface area contributed by atoms with Crippen LogP contribution in [0.1, 0.15) is 18.4 Å². The lowest BCUT2D eigenvalue weighted by Crippen LogP contribution is -2.33. The van der Waals surface area contributed by atoms with Gasteiger partial charge in [-0.3, -0.25) is 4.79 Å². The molecule has 18 heavy (non-hydrogen) atoms. The smallest absolute Gasteiger partial charge is 0.322 e. The van der Waals surface area contributed by atoms with Crippen LogP contribution in [0, 0.1) is 0 Å². The molecule has 0 heterocycles. The lowest BCUT2D eigenvalue weighted by Gasteiger charge is -2.10. The molecule has 0 aliphatic rings. The second-order valence-electron chi connectivity index (χ2n) is 4.14. The number of ether oxygens (including phenoxy) is 1. The first-order chi connectivity index (χ1) is 8.74. The fourth-order valence-electron chi connectivity index (χ4n) is 1.56. The summed E-state index contributed by atoms with van der Waals surface area (Å²) in [7, 11) is 0. The summed E-state index contributed by atoms with van der Waals surface area (Å²) in [6.45, 7) is 0.445. The average Bonchev–Trinajstić information content (AvgIpc) is 2.41. The Kier molecular flexibility index (Phi) is 7.53. The number of carbonyl (C=O) groups is 1. The van der Waals surface area contributed by atoms with Gasteiger partial charge in [0.1, 0.15) is 6.04 Å². The Bertz CT molecular complexity index is 343. The van der Waals surface area contributed by atoms with Gasteiger partial charge in [0.05, 0.1) is 6.61 Å². The first kappa shape index (κ1) is 15.1. The molecule has 0 saturated carbocycles. The van der Waals surface area contributed by atoms with Gasteiger partial charge in [-0.05, 0) is 36.8 Å². The average molecular weight is 267 g/mol. The van der Waals surface area contributed by atoms with Gasteiger partial charge in [0.2, 0.25) is 0 Å². The third-order valence-electron chi connectivity index (χ3n) is 2.63. The highest BCUT2D eigenvalue weighted by Gasteiger charge is 2.13. The molecule has 0 aromatic heterocycles. The largest absolute Gasteiger partial charge is 0.465 e. The number of carbonyl (C=O) groups excluding carboxylic acids is 1. The van der Waals surface area contributed by atoms with E-state index in [4.69, 9.17) is 10.5 Å². The standard InChI is InChI=1S/C14H21NO2S/c1-18-11-9-13(15)14(16)17-10-5-8-12-6-3-2-4-7-12/h2-4,6-7,13H,5,8-11,15H2,1H3. The highest BCUT2D eigenvalue weighted by atomic mass is 32.2. The Morgan fingerprint density at radius 3 is 2.78 bits per heavy atom. The highest BCUT2D eigenvalue weighted by Crippen LogP contribution is 2.04. The number of aryl methyl sites for hydroxylation is 1. The van der Waals surface area contributed by atoms with Crippen LogP contribution in [0.3, 0.4) is 0 Å². The third kappa shape index (κ3) is 6.07. The third-order valence-corrected chi connectivity index (χ3v) is 3.28. The van der Waals surface area contributed by atoms with Crippen LogP contribution >= 0.6 is 11.8 Å². The van der Waals surface area contributed by atoms with Gasteiger partial charge in [0.15, 0.2) is 0 Å². The van der Waals surface area contributed by atoms with E-state index in [9.17, 15) is 4.79 Å². The van der Waals surface area contributed by atoms with Crippen LogP contribution in [-0.2, 0) is 16.0 Å². The molecule has 1 aromatic carbocycles. The van der Waals surface area contributed by atoms with Crippen LogP contribution in [-0.4, -0.2) is 30.6 Å². The topological polar surface area (TPSA) is 52.3 Å². The molecular weight excluding hydrogens is 246 g/mol. The zero-order chi connectivity index (χ0) is 13.2. The molecule has 0 spiro atoms. The Balaban J connectivity index is 2.12. The molecule has 3 nitrogen and oxygen atoms in total. The van der Waals surface area contributed by atoms with Crippen molar-refractivity contribution in [3.63, 3.8) is 0 Å². The maximum absolute atomic E-state index is 11.5. The van der Waals surface area contributed by atoms with Crippen LogP contribution in [0.25, 0.3) is 0 Å². The summed E-state index contributed by atoms with van der Waals surface area (Å²) in [5, 5.41) is 0. The van der Waals surface area contributed by atoms with E-state index in [0.29, 0.717) is 13.0 Å². The lowest BCUT2D eigenvalue weighted by atomic mass is 10.1. The van der Waals surface area contributed by atoms with E-state index in [-0.39, 0.29) is 5.97 Å². The maximum atomic E-state index is 11.5. The second-order valence-corrected chi connectivity index (χ2v) is 5.13. The Morgan fingerprint density at radius 2 is 2.11 bits per heavy atom. The van der Waals surface area contributed by atoms with Crippen LogP contribution in [0.4, 0.5) is 0 Å². The molecule has 0 fully saturated rings. The van der Waals surface area contributed by atoms with Gasteiger partial charge in [-0.15, -0.1) is 0 Å². The van der Waals surface area contributed by atoms with E-state index in [1.807, 2.05) is 24.5 Å². The maximum Gasteiger partial charge on any atom is 0.322 e. The number of nitrogens with two attached hydrogens (primary N) is 1. The molecule has 0 radical (unpaired) electrons. The van der Waals surface area contributed by atoms with Crippen molar-refractivity contribution in [2.45, 2.75) is 25.3 Å². The van der Waals surface area contributed by atoms with Gasteiger partial charge in [-0.25, -0.2) is 0 Å². The molecular formula is C14H21NO2S. The minimum Gasteiger partial charge on any atom is -0.465 e. The molecule has 0 bridgehead atoms. The van der Waals surface area contributed by atoms with Crippen molar-refractivity contribution in [1.29, 1.82) is 0 Å². The molecule has 0 aliphatic heterocycles. The number of rotatable bonds is 8. The van der Waals surface area contributed by atoms with Crippen molar-refractivity contribution in [2.24, 2.45) is 5.73 Å². The van der Waals surface area contributed by atoms with Gasteiger partial charge in [0, 0.05) is 0 Å². The summed E-state index contributed by atoms with van der Waals surface area (Å²) in [6.07, 6.45) is 4.44. The van der Waals surface area contributed by atoms with Crippen molar-refractivity contribution in [3.8, 4) is 0 Å². The number of hydrogen-bond donors (Lipinski definition) is 1. The Hall–Kier alpha value is -1.00. The summed E-state index contributed by atoms with van der Waals surface area (Å²) in [5.74, 6) is 0.609. The fraction of sp³-hybridized carbons (Fsp3) is 0.500. The summed E-state index contributed by atoms with van der Waals surface area (Å²) in [6, 6.07) is 9.69.